The second kappa shape index (κ2) is 3.50. The number of benzene rings is 1. The Morgan fingerprint density at radius 3 is 2.93 bits per heavy atom. The van der Waals surface area contributed by atoms with E-state index in [1.165, 1.54) is 0 Å². The average Bonchev–Trinajstić information content (AvgIpc) is 2.52. The first-order valence-corrected chi connectivity index (χ1v) is 4.84. The third kappa shape index (κ3) is 1.24. The number of para-hydroxylation sites is 1. The van der Waals surface area contributed by atoms with Gasteiger partial charge in [0.25, 0.3) is 0 Å². The third-order valence-corrected chi connectivity index (χ3v) is 2.52. The molecule has 0 radical (unpaired) electrons. The Morgan fingerprint density at radius 2 is 2.29 bits per heavy atom. The standard InChI is InChI=1S/C10H11ClN2O/c1-3-13-7-5-4-6-8(14-2)9(7)12-10(13)11/h4-6H,3H2,1-2H3. The maximum absolute atomic E-state index is 5.99. The highest BCUT2D eigenvalue weighted by atomic mass is 35.5. The Kier molecular flexibility index (Phi) is 2.33. The van der Waals surface area contributed by atoms with Crippen LogP contribution in [0.2, 0.25) is 5.28 Å². The highest BCUT2D eigenvalue weighted by Crippen LogP contribution is 2.27. The van der Waals surface area contributed by atoms with Crippen LogP contribution in [0.3, 0.4) is 0 Å². The number of fused-ring (bicyclic) bond motifs is 1. The second-order valence-electron chi connectivity index (χ2n) is 2.95. The number of halogens is 1. The molecule has 0 aliphatic heterocycles. The molecule has 3 nitrogen and oxygen atoms in total. The molecular weight excluding hydrogens is 200 g/mol. The van der Waals surface area contributed by atoms with Crippen LogP contribution in [0.5, 0.6) is 5.75 Å². The van der Waals surface area contributed by atoms with Crippen LogP contribution in [-0.2, 0) is 6.54 Å². The van der Waals surface area contributed by atoms with Gasteiger partial charge >= 0.3 is 0 Å². The van der Waals surface area contributed by atoms with Crippen LogP contribution in [0.4, 0.5) is 0 Å². The molecule has 0 amide bonds. The SMILES string of the molecule is CCn1c(Cl)nc2c(OC)cccc21. The Labute approximate surface area is 87.3 Å². The van der Waals surface area contributed by atoms with Crippen LogP contribution in [0.1, 0.15) is 6.92 Å². The number of hydrogen-bond acceptors (Lipinski definition) is 2. The van der Waals surface area contributed by atoms with E-state index in [2.05, 4.69) is 4.98 Å². The lowest BCUT2D eigenvalue weighted by Gasteiger charge is -2.02. The molecule has 74 valence electrons. The minimum atomic E-state index is 0.506. The largest absolute Gasteiger partial charge is 0.494 e. The predicted molar refractivity (Wildman–Crippen MR) is 57.0 cm³/mol. The van der Waals surface area contributed by atoms with Crippen molar-refractivity contribution in [2.45, 2.75) is 13.5 Å². The van der Waals surface area contributed by atoms with Gasteiger partial charge in [-0.15, -0.1) is 0 Å². The van der Waals surface area contributed by atoms with Crippen LogP contribution in [0, 0.1) is 0 Å². The monoisotopic (exact) mass is 210 g/mol. The lowest BCUT2D eigenvalue weighted by atomic mass is 10.3. The summed E-state index contributed by atoms with van der Waals surface area (Å²) in [5.41, 5.74) is 1.83. The summed E-state index contributed by atoms with van der Waals surface area (Å²) in [6, 6.07) is 5.80. The zero-order valence-electron chi connectivity index (χ0n) is 8.12. The van der Waals surface area contributed by atoms with Crippen molar-refractivity contribution in [1.29, 1.82) is 0 Å². The van der Waals surface area contributed by atoms with Crippen molar-refractivity contribution in [3.05, 3.63) is 23.5 Å². The quantitative estimate of drug-likeness (QED) is 0.762. The molecule has 2 aromatic rings. The summed E-state index contributed by atoms with van der Waals surface area (Å²) in [5, 5.41) is 0.506. The number of imidazole rings is 1. The van der Waals surface area contributed by atoms with Crippen LogP contribution in [0.25, 0.3) is 11.0 Å². The Morgan fingerprint density at radius 1 is 1.50 bits per heavy atom. The molecule has 4 heteroatoms. The maximum Gasteiger partial charge on any atom is 0.203 e. The average molecular weight is 211 g/mol. The summed E-state index contributed by atoms with van der Waals surface area (Å²) in [4.78, 5) is 4.26. The van der Waals surface area contributed by atoms with E-state index in [4.69, 9.17) is 16.3 Å². The van der Waals surface area contributed by atoms with Gasteiger partial charge in [-0.1, -0.05) is 6.07 Å². The van der Waals surface area contributed by atoms with Gasteiger partial charge in [0.2, 0.25) is 5.28 Å². The minimum Gasteiger partial charge on any atom is -0.494 e. The number of aromatic nitrogens is 2. The minimum absolute atomic E-state index is 0.506. The molecule has 0 fully saturated rings. The van der Waals surface area contributed by atoms with Crippen LogP contribution in [0.15, 0.2) is 18.2 Å². The van der Waals surface area contributed by atoms with Gasteiger partial charge in [-0.2, -0.15) is 0 Å². The van der Waals surface area contributed by atoms with Crippen molar-refractivity contribution in [3.8, 4) is 5.75 Å². The number of ether oxygens (including phenoxy) is 1. The molecular formula is C10H11ClN2O. The van der Waals surface area contributed by atoms with E-state index in [1.807, 2.05) is 29.7 Å². The molecule has 1 heterocycles. The van der Waals surface area contributed by atoms with Gasteiger partial charge in [0.05, 0.1) is 12.6 Å². The highest BCUT2D eigenvalue weighted by molar-refractivity contribution is 6.29. The molecule has 0 saturated carbocycles. The molecule has 0 atom stereocenters. The molecule has 0 aliphatic rings. The number of aryl methyl sites for hydroxylation is 1. The number of nitrogens with zero attached hydrogens (tertiary/aromatic N) is 2. The van der Waals surface area contributed by atoms with E-state index in [-0.39, 0.29) is 0 Å². The van der Waals surface area contributed by atoms with Gasteiger partial charge < -0.3 is 9.30 Å². The number of methoxy groups -OCH3 is 1. The van der Waals surface area contributed by atoms with Gasteiger partial charge in [0.1, 0.15) is 11.3 Å². The summed E-state index contributed by atoms with van der Waals surface area (Å²) in [5.74, 6) is 0.761. The van der Waals surface area contributed by atoms with Gasteiger partial charge in [0, 0.05) is 6.54 Å². The van der Waals surface area contributed by atoms with E-state index in [0.717, 1.165) is 23.3 Å². The van der Waals surface area contributed by atoms with E-state index in [1.54, 1.807) is 7.11 Å². The third-order valence-electron chi connectivity index (χ3n) is 2.23. The van der Waals surface area contributed by atoms with E-state index in [9.17, 15) is 0 Å². The molecule has 14 heavy (non-hydrogen) atoms. The molecule has 1 aromatic heterocycles. The predicted octanol–water partition coefficient (Wildman–Crippen LogP) is 2.72. The summed E-state index contributed by atoms with van der Waals surface area (Å²) in [6.45, 7) is 2.84. The van der Waals surface area contributed by atoms with Crippen molar-refractivity contribution >= 4 is 22.6 Å². The normalized spacial score (nSPS) is 10.8. The first-order chi connectivity index (χ1) is 6.77. The fourth-order valence-corrected chi connectivity index (χ4v) is 1.85. The highest BCUT2D eigenvalue weighted by Gasteiger charge is 2.10. The fourth-order valence-electron chi connectivity index (χ4n) is 1.56. The Balaban J connectivity index is 2.79. The van der Waals surface area contributed by atoms with Crippen LogP contribution < -0.4 is 4.74 Å². The Bertz CT molecular complexity index is 464. The Hall–Kier alpha value is -1.22. The van der Waals surface area contributed by atoms with Crippen molar-refractivity contribution < 1.29 is 4.74 Å². The van der Waals surface area contributed by atoms with Gasteiger partial charge in [-0.3, -0.25) is 0 Å². The van der Waals surface area contributed by atoms with E-state index in [0.29, 0.717) is 5.28 Å². The number of rotatable bonds is 2. The molecule has 0 spiro atoms. The molecule has 0 saturated heterocycles. The molecule has 0 bridgehead atoms. The van der Waals surface area contributed by atoms with Crippen molar-refractivity contribution in [3.63, 3.8) is 0 Å². The first-order valence-electron chi connectivity index (χ1n) is 4.46. The molecule has 2 rings (SSSR count). The second-order valence-corrected chi connectivity index (χ2v) is 3.29. The van der Waals surface area contributed by atoms with E-state index < -0.39 is 0 Å². The van der Waals surface area contributed by atoms with E-state index >= 15 is 0 Å². The molecule has 1 aromatic carbocycles. The lowest BCUT2D eigenvalue weighted by molar-refractivity contribution is 0.419. The van der Waals surface area contributed by atoms with Crippen LogP contribution in [-0.4, -0.2) is 16.7 Å². The zero-order valence-corrected chi connectivity index (χ0v) is 8.88. The first kappa shape index (κ1) is 9.34. The van der Waals surface area contributed by atoms with Gasteiger partial charge in [-0.25, -0.2) is 4.98 Å². The maximum atomic E-state index is 5.99. The topological polar surface area (TPSA) is 27.1 Å². The molecule has 0 aliphatic carbocycles. The van der Waals surface area contributed by atoms with Crippen molar-refractivity contribution in [2.75, 3.05) is 7.11 Å². The van der Waals surface area contributed by atoms with Gasteiger partial charge in [-0.05, 0) is 30.7 Å². The van der Waals surface area contributed by atoms with Gasteiger partial charge in [0.15, 0.2) is 0 Å². The smallest absolute Gasteiger partial charge is 0.203 e. The zero-order chi connectivity index (χ0) is 10.1. The molecule has 0 unspecified atom stereocenters. The lowest BCUT2D eigenvalue weighted by Crippen LogP contribution is -1.93. The summed E-state index contributed by atoms with van der Waals surface area (Å²) < 4.78 is 7.15. The van der Waals surface area contributed by atoms with Crippen molar-refractivity contribution in [1.82, 2.24) is 9.55 Å². The molecule has 0 N–H and O–H groups in total. The fraction of sp³-hybridized carbons (Fsp3) is 0.300. The van der Waals surface area contributed by atoms with Crippen molar-refractivity contribution in [2.24, 2.45) is 0 Å². The summed E-state index contributed by atoms with van der Waals surface area (Å²) in [7, 11) is 1.63. The summed E-state index contributed by atoms with van der Waals surface area (Å²) in [6.07, 6.45) is 0. The number of hydrogen-bond donors (Lipinski definition) is 0. The summed E-state index contributed by atoms with van der Waals surface area (Å²) >= 11 is 5.99. The van der Waals surface area contributed by atoms with Crippen LogP contribution >= 0.6 is 11.6 Å².